The molecule has 0 radical (unpaired) electrons. The molecule has 0 aliphatic heterocycles. The number of benzene rings is 2. The lowest BCUT2D eigenvalue weighted by molar-refractivity contribution is 0.387. The van der Waals surface area contributed by atoms with Crippen molar-refractivity contribution < 1.29 is 18.6 Å². The maximum atomic E-state index is 13.7. The van der Waals surface area contributed by atoms with Crippen LogP contribution in [0.15, 0.2) is 30.3 Å². The van der Waals surface area contributed by atoms with Gasteiger partial charge in [-0.15, -0.1) is 0 Å². The van der Waals surface area contributed by atoms with Crippen molar-refractivity contribution in [2.24, 2.45) is 0 Å². The number of ether oxygens (including phenoxy) is 3. The Morgan fingerprint density at radius 3 is 2.21 bits per heavy atom. The van der Waals surface area contributed by atoms with Crippen molar-refractivity contribution in [3.05, 3.63) is 41.2 Å². The number of anilines is 2. The predicted molar refractivity (Wildman–Crippen MR) is 97.4 cm³/mol. The second-order valence-electron chi connectivity index (χ2n) is 4.62. The van der Waals surface area contributed by atoms with Gasteiger partial charge in [0.05, 0.1) is 32.0 Å². The fourth-order valence-corrected chi connectivity index (χ4v) is 2.45. The molecular formula is C16H16ClFN2O3S. The lowest BCUT2D eigenvalue weighted by Gasteiger charge is -2.15. The zero-order valence-electron chi connectivity index (χ0n) is 13.3. The molecular weight excluding hydrogens is 355 g/mol. The molecule has 0 aromatic heterocycles. The standard InChI is InChI=1S/C16H16ClFN2O3S/c1-21-13-5-4-9(6-11(13)18)19-16(24)20-12-8-14(22-2)10(17)7-15(12)23-3/h4-8H,1-3H3,(H2,19,20,24). The maximum Gasteiger partial charge on any atom is 0.175 e. The Kier molecular flexibility index (Phi) is 6.05. The van der Waals surface area contributed by atoms with E-state index in [1.807, 2.05) is 0 Å². The van der Waals surface area contributed by atoms with Gasteiger partial charge < -0.3 is 24.8 Å². The number of halogens is 2. The fraction of sp³-hybridized carbons (Fsp3) is 0.188. The minimum absolute atomic E-state index is 0.156. The number of rotatable bonds is 5. The van der Waals surface area contributed by atoms with E-state index in [1.54, 1.807) is 18.2 Å². The van der Waals surface area contributed by atoms with Crippen LogP contribution < -0.4 is 24.8 Å². The summed E-state index contributed by atoms with van der Waals surface area (Å²) >= 11 is 11.3. The van der Waals surface area contributed by atoms with Gasteiger partial charge in [0.25, 0.3) is 0 Å². The Bertz CT molecular complexity index is 758. The van der Waals surface area contributed by atoms with Gasteiger partial charge in [0.1, 0.15) is 11.5 Å². The maximum absolute atomic E-state index is 13.7. The molecule has 0 fully saturated rings. The molecule has 2 aromatic carbocycles. The molecule has 0 aliphatic rings. The Morgan fingerprint density at radius 2 is 1.62 bits per heavy atom. The quantitative estimate of drug-likeness (QED) is 0.765. The third kappa shape index (κ3) is 4.18. The second-order valence-corrected chi connectivity index (χ2v) is 5.43. The average molecular weight is 371 g/mol. The van der Waals surface area contributed by atoms with Crippen molar-refractivity contribution in [3.63, 3.8) is 0 Å². The molecule has 0 saturated carbocycles. The van der Waals surface area contributed by atoms with Crippen molar-refractivity contribution in [2.45, 2.75) is 0 Å². The van der Waals surface area contributed by atoms with E-state index in [0.717, 1.165) is 0 Å². The summed E-state index contributed by atoms with van der Waals surface area (Å²) in [5, 5.41) is 6.51. The summed E-state index contributed by atoms with van der Waals surface area (Å²) in [6, 6.07) is 7.70. The van der Waals surface area contributed by atoms with E-state index in [-0.39, 0.29) is 10.9 Å². The van der Waals surface area contributed by atoms with Gasteiger partial charge in [0.15, 0.2) is 16.7 Å². The van der Waals surface area contributed by atoms with Crippen molar-refractivity contribution in [2.75, 3.05) is 32.0 Å². The zero-order valence-corrected chi connectivity index (χ0v) is 14.8. The van der Waals surface area contributed by atoms with Gasteiger partial charge in [0, 0.05) is 23.9 Å². The summed E-state index contributed by atoms with van der Waals surface area (Å²) in [6.45, 7) is 0. The topological polar surface area (TPSA) is 51.8 Å². The summed E-state index contributed by atoms with van der Waals surface area (Å²) in [5.74, 6) is 0.628. The number of methoxy groups -OCH3 is 3. The molecule has 2 aromatic rings. The van der Waals surface area contributed by atoms with Crippen LogP contribution in [0.2, 0.25) is 5.02 Å². The molecule has 0 saturated heterocycles. The van der Waals surface area contributed by atoms with Crippen LogP contribution in [-0.2, 0) is 0 Å². The van der Waals surface area contributed by atoms with E-state index >= 15 is 0 Å². The molecule has 0 heterocycles. The largest absolute Gasteiger partial charge is 0.495 e. The summed E-state index contributed by atoms with van der Waals surface area (Å²) in [6.07, 6.45) is 0. The highest BCUT2D eigenvalue weighted by Gasteiger charge is 2.12. The predicted octanol–water partition coefficient (Wildman–Crippen LogP) is 4.31. The lowest BCUT2D eigenvalue weighted by Crippen LogP contribution is -2.19. The third-order valence-corrected chi connectivity index (χ3v) is 3.63. The van der Waals surface area contributed by atoms with Crippen molar-refractivity contribution in [1.82, 2.24) is 0 Å². The van der Waals surface area contributed by atoms with Crippen LogP contribution in [0.1, 0.15) is 0 Å². The first-order valence-corrected chi connectivity index (χ1v) is 7.60. The van der Waals surface area contributed by atoms with Gasteiger partial charge in [-0.3, -0.25) is 0 Å². The second kappa shape index (κ2) is 8.03. The SMILES string of the molecule is COc1ccc(NC(=S)Nc2cc(OC)c(Cl)cc2OC)cc1F. The van der Waals surface area contributed by atoms with Crippen LogP contribution in [0.4, 0.5) is 15.8 Å². The molecule has 2 N–H and O–H groups in total. The van der Waals surface area contributed by atoms with Gasteiger partial charge in [-0.05, 0) is 24.4 Å². The van der Waals surface area contributed by atoms with Crippen LogP contribution in [0.25, 0.3) is 0 Å². The summed E-state index contributed by atoms with van der Waals surface area (Å²) in [7, 11) is 4.42. The molecule has 0 spiro atoms. The molecule has 2 rings (SSSR count). The summed E-state index contributed by atoms with van der Waals surface area (Å²) < 4.78 is 29.0. The molecule has 0 unspecified atom stereocenters. The van der Waals surface area contributed by atoms with E-state index in [4.69, 9.17) is 38.0 Å². The van der Waals surface area contributed by atoms with Gasteiger partial charge in [-0.2, -0.15) is 0 Å². The van der Waals surface area contributed by atoms with Crippen LogP contribution >= 0.6 is 23.8 Å². The Balaban J connectivity index is 2.16. The van der Waals surface area contributed by atoms with Gasteiger partial charge in [-0.1, -0.05) is 11.6 Å². The molecule has 0 atom stereocenters. The molecule has 0 amide bonds. The smallest absolute Gasteiger partial charge is 0.175 e. The average Bonchev–Trinajstić information content (AvgIpc) is 2.56. The van der Waals surface area contributed by atoms with Crippen molar-refractivity contribution in [1.29, 1.82) is 0 Å². The normalized spacial score (nSPS) is 10.0. The van der Waals surface area contributed by atoms with E-state index in [0.29, 0.717) is 27.9 Å². The minimum Gasteiger partial charge on any atom is -0.495 e. The molecule has 5 nitrogen and oxygen atoms in total. The molecule has 128 valence electrons. The first-order valence-electron chi connectivity index (χ1n) is 6.81. The van der Waals surface area contributed by atoms with Gasteiger partial charge >= 0.3 is 0 Å². The number of nitrogens with one attached hydrogen (secondary N) is 2. The van der Waals surface area contributed by atoms with Gasteiger partial charge in [0.2, 0.25) is 0 Å². The number of thiocarbonyl (C=S) groups is 1. The Labute approximate surface area is 149 Å². The molecule has 24 heavy (non-hydrogen) atoms. The molecule has 0 aliphatic carbocycles. The van der Waals surface area contributed by atoms with Crippen LogP contribution in [0, 0.1) is 5.82 Å². The summed E-state index contributed by atoms with van der Waals surface area (Å²) in [5.41, 5.74) is 1.04. The Hall–Kier alpha value is -2.25. The first-order chi connectivity index (χ1) is 11.5. The van der Waals surface area contributed by atoms with E-state index in [9.17, 15) is 4.39 Å². The summed E-state index contributed by atoms with van der Waals surface area (Å²) in [4.78, 5) is 0. The van der Waals surface area contributed by atoms with Crippen LogP contribution in [0.5, 0.6) is 17.2 Å². The van der Waals surface area contributed by atoms with E-state index in [2.05, 4.69) is 10.6 Å². The highest BCUT2D eigenvalue weighted by molar-refractivity contribution is 7.80. The highest BCUT2D eigenvalue weighted by atomic mass is 35.5. The van der Waals surface area contributed by atoms with Crippen molar-refractivity contribution >= 4 is 40.3 Å². The number of hydrogen-bond acceptors (Lipinski definition) is 4. The first kappa shape index (κ1) is 18.1. The van der Waals surface area contributed by atoms with E-state index in [1.165, 1.54) is 33.5 Å². The monoisotopic (exact) mass is 370 g/mol. The van der Waals surface area contributed by atoms with E-state index < -0.39 is 5.82 Å². The minimum atomic E-state index is -0.490. The highest BCUT2D eigenvalue weighted by Crippen LogP contribution is 2.36. The van der Waals surface area contributed by atoms with Crippen molar-refractivity contribution in [3.8, 4) is 17.2 Å². The van der Waals surface area contributed by atoms with Crippen LogP contribution in [0.3, 0.4) is 0 Å². The van der Waals surface area contributed by atoms with Gasteiger partial charge in [-0.25, -0.2) is 4.39 Å². The Morgan fingerprint density at radius 1 is 0.958 bits per heavy atom. The lowest BCUT2D eigenvalue weighted by atomic mass is 10.2. The number of hydrogen-bond donors (Lipinski definition) is 2. The zero-order chi connectivity index (χ0) is 17.7. The third-order valence-electron chi connectivity index (χ3n) is 3.13. The molecule has 8 heteroatoms. The van der Waals surface area contributed by atoms with Crippen LogP contribution in [-0.4, -0.2) is 26.4 Å². The fourth-order valence-electron chi connectivity index (χ4n) is 1.99. The molecule has 0 bridgehead atoms.